The third kappa shape index (κ3) is 4.14. The van der Waals surface area contributed by atoms with Gasteiger partial charge in [-0.1, -0.05) is 63.7 Å². The number of halogens is 1. The second-order valence-electron chi connectivity index (χ2n) is 8.85. The lowest BCUT2D eigenvalue weighted by atomic mass is 9.97. The molecule has 1 atom stereocenters. The highest BCUT2D eigenvalue weighted by Crippen LogP contribution is 2.39. The summed E-state index contributed by atoms with van der Waals surface area (Å²) in [6, 6.07) is 18.1. The van der Waals surface area contributed by atoms with Crippen LogP contribution >= 0.6 is 38.6 Å². The molecule has 2 aromatic carbocycles. The summed E-state index contributed by atoms with van der Waals surface area (Å²) in [7, 11) is 0. The number of likely N-dealkylation sites (N-methyl/N-ethyl adjacent to an activating group) is 1. The molecule has 0 saturated carbocycles. The number of hydrogen-bond acceptors (Lipinski definition) is 7. The van der Waals surface area contributed by atoms with Gasteiger partial charge in [0.1, 0.15) is 10.6 Å². The van der Waals surface area contributed by atoms with Crippen LogP contribution in [-0.2, 0) is 14.3 Å². The lowest BCUT2D eigenvalue weighted by Gasteiger charge is -2.24. The molecule has 7 nitrogen and oxygen atoms in total. The van der Waals surface area contributed by atoms with Crippen molar-refractivity contribution >= 4 is 67.4 Å². The van der Waals surface area contributed by atoms with Crippen molar-refractivity contribution in [3.05, 3.63) is 112 Å². The Morgan fingerprint density at radius 3 is 2.56 bits per heavy atom. The summed E-state index contributed by atoms with van der Waals surface area (Å²) >= 11 is 6.13. The third-order valence-corrected chi connectivity index (χ3v) is 9.15. The Labute approximate surface area is 240 Å². The van der Waals surface area contributed by atoms with Crippen LogP contribution in [0.5, 0.6) is 0 Å². The Balaban J connectivity index is 1.71. The Morgan fingerprint density at radius 2 is 1.87 bits per heavy atom. The molecule has 39 heavy (non-hydrogen) atoms. The summed E-state index contributed by atoms with van der Waals surface area (Å²) in [6.07, 6.45) is 0. The van der Waals surface area contributed by atoms with E-state index < -0.39 is 12.0 Å². The van der Waals surface area contributed by atoms with E-state index in [1.165, 1.54) is 27.2 Å². The first-order valence-electron chi connectivity index (χ1n) is 12.4. The van der Waals surface area contributed by atoms with Crippen molar-refractivity contribution in [2.75, 3.05) is 18.1 Å². The maximum absolute atomic E-state index is 14.3. The minimum Gasteiger partial charge on any atom is -0.463 e. The van der Waals surface area contributed by atoms with Gasteiger partial charge in [0, 0.05) is 27.0 Å². The van der Waals surface area contributed by atoms with E-state index in [4.69, 9.17) is 9.73 Å². The fourth-order valence-electron chi connectivity index (χ4n) is 5.04. The molecule has 10 heteroatoms. The third-order valence-electron chi connectivity index (χ3n) is 6.68. The number of carbonyl (C=O) groups is 2. The van der Waals surface area contributed by atoms with Crippen LogP contribution in [0.4, 0.5) is 5.69 Å². The van der Waals surface area contributed by atoms with E-state index in [0.717, 1.165) is 20.6 Å². The van der Waals surface area contributed by atoms with Crippen LogP contribution in [0.15, 0.2) is 85.9 Å². The maximum atomic E-state index is 14.3. The molecule has 0 fully saturated rings. The molecular formula is C29H22BrN3O4S2. The zero-order valence-corrected chi connectivity index (χ0v) is 24.2. The minimum absolute atomic E-state index is 0.184. The lowest BCUT2D eigenvalue weighted by molar-refractivity contribution is -0.138. The van der Waals surface area contributed by atoms with Crippen LogP contribution in [0.1, 0.15) is 35.9 Å². The van der Waals surface area contributed by atoms with E-state index in [2.05, 4.69) is 15.9 Å². The zero-order valence-electron chi connectivity index (χ0n) is 21.0. The van der Waals surface area contributed by atoms with Gasteiger partial charge < -0.3 is 9.64 Å². The fraction of sp³-hybridized carbons (Fsp3) is 0.172. The number of esters is 1. The highest BCUT2D eigenvalue weighted by molar-refractivity contribution is 9.10. The number of anilines is 1. The number of thiazole rings is 1. The van der Waals surface area contributed by atoms with Crippen molar-refractivity contribution in [1.82, 2.24) is 4.57 Å². The second kappa shape index (κ2) is 10.2. The molecule has 0 saturated heterocycles. The van der Waals surface area contributed by atoms with E-state index in [9.17, 15) is 14.4 Å². The highest BCUT2D eigenvalue weighted by Gasteiger charge is 2.38. The largest absolute Gasteiger partial charge is 0.463 e. The second-order valence-corrected chi connectivity index (χ2v) is 11.7. The van der Waals surface area contributed by atoms with Gasteiger partial charge in [0.15, 0.2) is 4.80 Å². The van der Waals surface area contributed by atoms with Gasteiger partial charge >= 0.3 is 5.97 Å². The Hall–Kier alpha value is -3.60. The van der Waals surface area contributed by atoms with E-state index in [1.54, 1.807) is 11.8 Å². The van der Waals surface area contributed by atoms with Gasteiger partial charge in [-0.25, -0.2) is 9.79 Å². The lowest BCUT2D eigenvalue weighted by Crippen LogP contribution is -2.40. The van der Waals surface area contributed by atoms with Gasteiger partial charge in [0.05, 0.1) is 29.1 Å². The molecule has 0 radical (unpaired) electrons. The van der Waals surface area contributed by atoms with Crippen molar-refractivity contribution in [1.29, 1.82) is 0 Å². The molecule has 2 aliphatic heterocycles. The number of benzene rings is 2. The van der Waals surface area contributed by atoms with E-state index in [0.29, 0.717) is 38.3 Å². The first kappa shape index (κ1) is 25.7. The molecule has 1 amide bonds. The first-order valence-corrected chi connectivity index (χ1v) is 14.9. The number of thiophene rings is 1. The number of hydrogen-bond donors (Lipinski definition) is 0. The summed E-state index contributed by atoms with van der Waals surface area (Å²) in [5, 5.41) is 1.91. The highest BCUT2D eigenvalue weighted by atomic mass is 79.9. The van der Waals surface area contributed by atoms with Crippen molar-refractivity contribution in [2.24, 2.45) is 4.99 Å². The molecular weight excluding hydrogens is 598 g/mol. The predicted molar refractivity (Wildman–Crippen MR) is 156 cm³/mol. The predicted octanol–water partition coefficient (Wildman–Crippen LogP) is 4.50. The molecule has 6 rings (SSSR count). The van der Waals surface area contributed by atoms with Gasteiger partial charge in [-0.15, -0.1) is 11.3 Å². The monoisotopic (exact) mass is 619 g/mol. The average Bonchev–Trinajstić information content (AvgIpc) is 3.65. The quantitative estimate of drug-likeness (QED) is 0.308. The molecule has 4 heterocycles. The molecule has 0 bridgehead atoms. The van der Waals surface area contributed by atoms with Crippen LogP contribution in [0.25, 0.3) is 11.3 Å². The topological polar surface area (TPSA) is 81.0 Å². The minimum atomic E-state index is -0.745. The average molecular weight is 621 g/mol. The van der Waals surface area contributed by atoms with E-state index >= 15 is 0 Å². The summed E-state index contributed by atoms with van der Waals surface area (Å²) in [5.41, 5.74) is 2.95. The molecule has 0 spiro atoms. The van der Waals surface area contributed by atoms with Gasteiger partial charge in [-0.05, 0) is 43.5 Å². The molecule has 2 aliphatic rings. The van der Waals surface area contributed by atoms with Crippen molar-refractivity contribution < 1.29 is 14.3 Å². The smallest absolute Gasteiger partial charge is 0.338 e. The van der Waals surface area contributed by atoms with Crippen LogP contribution in [0, 0.1) is 0 Å². The van der Waals surface area contributed by atoms with Crippen molar-refractivity contribution in [2.45, 2.75) is 19.9 Å². The summed E-state index contributed by atoms with van der Waals surface area (Å²) in [5.74, 6) is -0.753. The molecule has 196 valence electrons. The van der Waals surface area contributed by atoms with Gasteiger partial charge in [0.25, 0.3) is 11.5 Å². The fourth-order valence-corrected chi connectivity index (χ4v) is 7.32. The van der Waals surface area contributed by atoms with Gasteiger partial charge in [-0.2, -0.15) is 0 Å². The number of amides is 1. The standard InChI is InChI=1S/C29H22BrN3O4S2/c1-3-32-19-13-12-17(30)15-18(19)21(26(32)34)25-27(35)33-24(20-11-8-14-38-20)22(28(36)37-4-2)23(31-29(33)39-25)16-9-6-5-7-10-16/h5-15,24H,3-4H2,1-2H3/b25-21+/t24-/m0/s1. The van der Waals surface area contributed by atoms with Gasteiger partial charge in [0.2, 0.25) is 0 Å². The number of carbonyl (C=O) groups excluding carboxylic acids is 2. The Bertz CT molecular complexity index is 1840. The number of aromatic nitrogens is 1. The van der Waals surface area contributed by atoms with E-state index in [-0.39, 0.29) is 18.1 Å². The van der Waals surface area contributed by atoms with Crippen molar-refractivity contribution in [3.8, 4) is 0 Å². The van der Waals surface area contributed by atoms with Crippen LogP contribution < -0.4 is 19.8 Å². The Kier molecular flexibility index (Phi) is 6.70. The Morgan fingerprint density at radius 1 is 1.08 bits per heavy atom. The molecule has 0 N–H and O–H groups in total. The van der Waals surface area contributed by atoms with Crippen LogP contribution in [-0.4, -0.2) is 29.6 Å². The normalized spacial score (nSPS) is 17.7. The number of ether oxygens (including phenoxy) is 1. The summed E-state index contributed by atoms with van der Waals surface area (Å²) in [4.78, 5) is 49.1. The van der Waals surface area contributed by atoms with Gasteiger partial charge in [-0.3, -0.25) is 14.2 Å². The maximum Gasteiger partial charge on any atom is 0.338 e. The van der Waals surface area contributed by atoms with E-state index in [1.807, 2.05) is 73.0 Å². The number of nitrogens with zero attached hydrogens (tertiary/aromatic N) is 3. The SMILES string of the molecule is CCOC(=O)C1=C(c2ccccc2)N=c2s/c(=C3/C(=O)N(CC)c4ccc(Br)cc43)c(=O)n2[C@H]1c1cccs1. The zero-order chi connectivity index (χ0) is 27.3. The number of fused-ring (bicyclic) bond motifs is 2. The summed E-state index contributed by atoms with van der Waals surface area (Å²) < 4.78 is 8.14. The van der Waals surface area contributed by atoms with Crippen LogP contribution in [0.2, 0.25) is 0 Å². The first-order chi connectivity index (χ1) is 18.9. The number of rotatable bonds is 5. The van der Waals surface area contributed by atoms with Crippen LogP contribution in [0.3, 0.4) is 0 Å². The van der Waals surface area contributed by atoms with Crippen molar-refractivity contribution in [3.63, 3.8) is 0 Å². The molecule has 4 aromatic rings. The molecule has 0 aliphatic carbocycles. The molecule has 2 aromatic heterocycles. The summed E-state index contributed by atoms with van der Waals surface area (Å²) in [6.45, 7) is 4.31. The molecule has 0 unspecified atom stereocenters.